The number of benzene rings is 7. The maximum atomic E-state index is 6.63. The average molecular weight is 873 g/mol. The number of anilines is 6. The van der Waals surface area contributed by atoms with Crippen LogP contribution in [0.25, 0.3) is 24.3 Å². The molecule has 0 N–H and O–H groups in total. The summed E-state index contributed by atoms with van der Waals surface area (Å²) in [5.74, 6) is 1.73. The number of unbranched alkanes of at least 4 members (excludes halogenated alkanes) is 6. The number of ether oxygens (including phenoxy) is 2. The van der Waals surface area contributed by atoms with Gasteiger partial charge in [0.15, 0.2) is 0 Å². The van der Waals surface area contributed by atoms with Crippen molar-refractivity contribution in [2.75, 3.05) is 23.0 Å². The van der Waals surface area contributed by atoms with E-state index in [0.717, 1.165) is 93.6 Å². The first kappa shape index (κ1) is 47.2. The molecular formula is C62H68N2O2. The molecule has 0 atom stereocenters. The lowest BCUT2D eigenvalue weighted by Crippen LogP contribution is -2.09. The second-order valence-electron chi connectivity index (χ2n) is 17.6. The van der Waals surface area contributed by atoms with E-state index < -0.39 is 0 Å². The molecule has 4 heteroatoms. The van der Waals surface area contributed by atoms with Crippen LogP contribution in [0.1, 0.15) is 110 Å². The van der Waals surface area contributed by atoms with E-state index in [1.165, 1.54) is 47.9 Å². The highest BCUT2D eigenvalue weighted by Crippen LogP contribution is 2.38. The molecule has 0 saturated heterocycles. The Balaban J connectivity index is 1.18. The van der Waals surface area contributed by atoms with Crippen LogP contribution in [-0.4, -0.2) is 13.2 Å². The minimum absolute atomic E-state index is 0.670. The van der Waals surface area contributed by atoms with E-state index in [-0.39, 0.29) is 0 Å². The third kappa shape index (κ3) is 13.2. The Morgan fingerprint density at radius 1 is 0.333 bits per heavy atom. The van der Waals surface area contributed by atoms with Crippen LogP contribution in [0.2, 0.25) is 0 Å². The van der Waals surface area contributed by atoms with Gasteiger partial charge in [-0.1, -0.05) is 172 Å². The molecule has 7 aromatic carbocycles. The zero-order valence-electron chi connectivity index (χ0n) is 40.1. The van der Waals surface area contributed by atoms with Gasteiger partial charge in [-0.3, -0.25) is 0 Å². The van der Waals surface area contributed by atoms with Gasteiger partial charge in [0, 0.05) is 45.3 Å². The summed E-state index contributed by atoms with van der Waals surface area (Å²) in [6.07, 6.45) is 17.9. The number of hydrogen-bond donors (Lipinski definition) is 0. The summed E-state index contributed by atoms with van der Waals surface area (Å²) in [4.78, 5) is 4.63. The quantitative estimate of drug-likeness (QED) is 0.0500. The van der Waals surface area contributed by atoms with Crippen molar-refractivity contribution in [3.8, 4) is 11.5 Å². The minimum Gasteiger partial charge on any atom is -0.493 e. The van der Waals surface area contributed by atoms with Gasteiger partial charge in [0.2, 0.25) is 0 Å². The van der Waals surface area contributed by atoms with Gasteiger partial charge >= 0.3 is 0 Å². The van der Waals surface area contributed by atoms with Crippen molar-refractivity contribution >= 4 is 58.4 Å². The Bertz CT molecular complexity index is 2330. The van der Waals surface area contributed by atoms with Crippen molar-refractivity contribution in [2.24, 2.45) is 0 Å². The molecule has 0 aliphatic carbocycles. The number of nitrogens with zero attached hydrogens (tertiary/aromatic N) is 2. The van der Waals surface area contributed by atoms with Gasteiger partial charge < -0.3 is 19.3 Å². The van der Waals surface area contributed by atoms with Gasteiger partial charge in [0.1, 0.15) is 11.5 Å². The molecule has 338 valence electrons. The zero-order chi connectivity index (χ0) is 46.1. The smallest absolute Gasteiger partial charge is 0.127 e. The van der Waals surface area contributed by atoms with E-state index in [2.05, 4.69) is 233 Å². The van der Waals surface area contributed by atoms with Crippen molar-refractivity contribution in [3.63, 3.8) is 0 Å². The van der Waals surface area contributed by atoms with Crippen LogP contribution >= 0.6 is 0 Å². The Kier molecular flexibility index (Phi) is 17.1. The molecule has 4 nitrogen and oxygen atoms in total. The molecule has 0 amide bonds. The Morgan fingerprint density at radius 3 is 0.879 bits per heavy atom. The first-order valence-electron chi connectivity index (χ1n) is 24.1. The van der Waals surface area contributed by atoms with Gasteiger partial charge in [-0.15, -0.1) is 0 Å². The van der Waals surface area contributed by atoms with E-state index in [1.54, 1.807) is 0 Å². The van der Waals surface area contributed by atoms with Crippen LogP contribution in [0, 0.1) is 27.7 Å². The monoisotopic (exact) mass is 873 g/mol. The Labute approximate surface area is 395 Å². The summed E-state index contributed by atoms with van der Waals surface area (Å²) in [5.41, 5.74) is 15.9. The molecule has 0 radical (unpaired) electrons. The summed E-state index contributed by atoms with van der Waals surface area (Å²) < 4.78 is 13.3. The van der Waals surface area contributed by atoms with Crippen molar-refractivity contribution in [1.29, 1.82) is 0 Å². The SMILES string of the molecule is CCCCCCOc1cc(/C=C/c2ccc(N(c3ccc(C)cc3)c3ccc(C)cc3)cc2)c(OCCCCCC)cc1/C=C/c1ccc(N(c2ccc(C)cc2)c2ccc(C)cc2)cc1. The van der Waals surface area contributed by atoms with Crippen LogP contribution < -0.4 is 19.3 Å². The van der Waals surface area contributed by atoms with Crippen LogP contribution in [0.3, 0.4) is 0 Å². The first-order valence-corrected chi connectivity index (χ1v) is 24.1. The van der Waals surface area contributed by atoms with E-state index in [9.17, 15) is 0 Å². The highest BCUT2D eigenvalue weighted by Gasteiger charge is 2.15. The summed E-state index contributed by atoms with van der Waals surface area (Å²) in [7, 11) is 0. The lowest BCUT2D eigenvalue weighted by molar-refractivity contribution is 0.296. The number of aryl methyl sites for hydroxylation is 4. The number of rotatable bonds is 22. The predicted molar refractivity (Wildman–Crippen MR) is 285 cm³/mol. The fourth-order valence-electron chi connectivity index (χ4n) is 8.03. The molecule has 0 saturated carbocycles. The maximum absolute atomic E-state index is 6.63. The van der Waals surface area contributed by atoms with Crippen molar-refractivity contribution < 1.29 is 9.47 Å². The molecule has 0 unspecified atom stereocenters. The molecule has 0 aliphatic heterocycles. The fraction of sp³-hybridized carbons (Fsp3) is 0.258. The van der Waals surface area contributed by atoms with E-state index >= 15 is 0 Å². The van der Waals surface area contributed by atoms with Crippen LogP contribution in [-0.2, 0) is 0 Å². The van der Waals surface area contributed by atoms with E-state index in [0.29, 0.717) is 13.2 Å². The van der Waals surface area contributed by atoms with Crippen LogP contribution in [0.5, 0.6) is 11.5 Å². The molecular weight excluding hydrogens is 805 g/mol. The molecule has 0 fully saturated rings. The maximum Gasteiger partial charge on any atom is 0.127 e. The highest BCUT2D eigenvalue weighted by atomic mass is 16.5. The number of hydrogen-bond acceptors (Lipinski definition) is 4. The standard InChI is InChI=1S/C62H68N2O2/c1-7-9-11-13-43-65-61-45-54(30-24-52-27-41-60(42-28-52)64(57-35-19-49(5)20-36-57)58-37-21-50(6)22-38-58)62(66-44-14-12-10-8-2)46-53(61)29-23-51-25-39-59(40-26-51)63(55-31-15-47(3)16-32-55)56-33-17-48(4)18-34-56/h15-42,45-46H,7-14,43-44H2,1-6H3/b29-23+,30-24+. The molecule has 0 aromatic heterocycles. The molecule has 0 heterocycles. The second-order valence-corrected chi connectivity index (χ2v) is 17.6. The average Bonchev–Trinajstić information content (AvgIpc) is 3.34. The molecule has 0 aliphatic rings. The molecule has 0 bridgehead atoms. The lowest BCUT2D eigenvalue weighted by atomic mass is 10.0. The normalized spacial score (nSPS) is 11.4. The van der Waals surface area contributed by atoms with Gasteiger partial charge in [-0.05, 0) is 137 Å². The first-order chi connectivity index (χ1) is 32.3. The topological polar surface area (TPSA) is 24.9 Å². The summed E-state index contributed by atoms with van der Waals surface area (Å²) in [5, 5.41) is 0. The van der Waals surface area contributed by atoms with E-state index in [4.69, 9.17) is 9.47 Å². The van der Waals surface area contributed by atoms with Gasteiger partial charge in [0.25, 0.3) is 0 Å². The highest BCUT2D eigenvalue weighted by molar-refractivity contribution is 5.82. The third-order valence-electron chi connectivity index (χ3n) is 12.0. The fourth-order valence-corrected chi connectivity index (χ4v) is 8.03. The molecule has 7 rings (SSSR count). The zero-order valence-corrected chi connectivity index (χ0v) is 40.1. The Hall–Kier alpha value is -6.78. The predicted octanol–water partition coefficient (Wildman–Crippen LogP) is 18.1. The van der Waals surface area contributed by atoms with Crippen molar-refractivity contribution in [3.05, 3.63) is 202 Å². The lowest BCUT2D eigenvalue weighted by Gasteiger charge is -2.26. The summed E-state index contributed by atoms with van der Waals surface area (Å²) >= 11 is 0. The van der Waals surface area contributed by atoms with E-state index in [1.807, 2.05) is 0 Å². The summed E-state index contributed by atoms with van der Waals surface area (Å²) in [6.45, 7) is 14.4. The van der Waals surface area contributed by atoms with Gasteiger partial charge in [0.05, 0.1) is 13.2 Å². The summed E-state index contributed by atoms with van der Waals surface area (Å²) in [6, 6.07) is 56.9. The third-order valence-corrected chi connectivity index (χ3v) is 12.0. The van der Waals surface area contributed by atoms with Crippen LogP contribution in [0.15, 0.2) is 158 Å². The molecule has 7 aromatic rings. The molecule has 66 heavy (non-hydrogen) atoms. The minimum atomic E-state index is 0.670. The Morgan fingerprint density at radius 2 is 0.606 bits per heavy atom. The van der Waals surface area contributed by atoms with Crippen molar-refractivity contribution in [2.45, 2.75) is 92.9 Å². The molecule has 0 spiro atoms. The second kappa shape index (κ2) is 23.9. The largest absolute Gasteiger partial charge is 0.493 e. The van der Waals surface area contributed by atoms with Gasteiger partial charge in [-0.2, -0.15) is 0 Å². The van der Waals surface area contributed by atoms with Crippen LogP contribution in [0.4, 0.5) is 34.1 Å². The van der Waals surface area contributed by atoms with Crippen molar-refractivity contribution in [1.82, 2.24) is 0 Å². The van der Waals surface area contributed by atoms with Gasteiger partial charge in [-0.25, -0.2) is 0 Å².